The van der Waals surface area contributed by atoms with Crippen LogP contribution in [0.1, 0.15) is 34.1 Å². The second-order valence-corrected chi connectivity index (χ2v) is 19.1. The first kappa shape index (κ1) is 30.9. The molecule has 2 fully saturated rings. The van der Waals surface area contributed by atoms with E-state index in [9.17, 15) is 18.6 Å². The van der Waals surface area contributed by atoms with Crippen molar-refractivity contribution >= 4 is 28.5 Å². The summed E-state index contributed by atoms with van der Waals surface area (Å²) in [6, 6.07) is 29.0. The van der Waals surface area contributed by atoms with Crippen LogP contribution in [-0.2, 0) is 19.0 Å². The fourth-order valence-electron chi connectivity index (χ4n) is 6.86. The molecule has 0 radical (unpaired) electrons. The Labute approximate surface area is 251 Å². The summed E-state index contributed by atoms with van der Waals surface area (Å²) in [5, 5.41) is 25.6. The maximum atomic E-state index is 13.1. The molecule has 0 unspecified atom stereocenters. The minimum Gasteiger partial charge on any atom is -0.407 e. The molecule has 0 aromatic heterocycles. The maximum Gasteiger partial charge on any atom is 0.261 e. The number of rotatable bonds is 8. The highest BCUT2D eigenvalue weighted by molar-refractivity contribution is 7.91. The van der Waals surface area contributed by atoms with Gasteiger partial charge >= 0.3 is 0 Å². The van der Waals surface area contributed by atoms with E-state index in [1.165, 1.54) is 0 Å². The van der Waals surface area contributed by atoms with Crippen LogP contribution in [0.4, 0.5) is 0 Å². The van der Waals surface area contributed by atoms with Crippen LogP contribution >= 0.6 is 0 Å². The van der Waals surface area contributed by atoms with E-state index in [1.54, 1.807) is 36.4 Å². The van der Waals surface area contributed by atoms with Crippen LogP contribution in [0, 0.1) is 11.8 Å². The zero-order valence-corrected chi connectivity index (χ0v) is 26.6. The molecule has 2 N–H and O–H groups in total. The Balaban J connectivity index is 1.53. The van der Waals surface area contributed by atoms with E-state index >= 15 is 0 Å². The van der Waals surface area contributed by atoms with Gasteiger partial charge in [0, 0.05) is 12.5 Å². The van der Waals surface area contributed by atoms with Gasteiger partial charge in [0.05, 0.1) is 23.4 Å². The number of aliphatic hydroxyl groups excluding tert-OH is 1. The third-order valence-corrected chi connectivity index (χ3v) is 15.7. The van der Waals surface area contributed by atoms with E-state index in [0.717, 1.165) is 10.4 Å². The van der Waals surface area contributed by atoms with Crippen LogP contribution in [0.3, 0.4) is 0 Å². The number of hydrogen-bond acceptors (Lipinski definition) is 6. The van der Waals surface area contributed by atoms with Crippen LogP contribution in [0.25, 0.3) is 0 Å². The van der Waals surface area contributed by atoms with Gasteiger partial charge in [-0.05, 0) is 45.5 Å². The molecule has 224 valence electrons. The zero-order valence-electron chi connectivity index (χ0n) is 24.8. The Morgan fingerprint density at radius 3 is 2.00 bits per heavy atom. The average molecular weight is 607 g/mol. The molecule has 3 aromatic carbocycles. The van der Waals surface area contributed by atoms with E-state index in [-0.39, 0.29) is 34.8 Å². The first-order valence-corrected chi connectivity index (χ1v) is 18.2. The Bertz CT molecular complexity index is 1450. The molecule has 1 heterocycles. The Hall–Kier alpha value is -2.59. The molecule has 1 aliphatic heterocycles. The summed E-state index contributed by atoms with van der Waals surface area (Å²) in [6.07, 6.45) is 0.356. The molecule has 6 nitrogen and oxygen atoms in total. The van der Waals surface area contributed by atoms with Crippen LogP contribution in [-0.4, -0.2) is 63.7 Å². The average Bonchev–Trinajstić information content (AvgIpc) is 3.33. The number of ether oxygens (including phenoxy) is 1. The third kappa shape index (κ3) is 5.45. The van der Waals surface area contributed by atoms with Crippen molar-refractivity contribution in [3.8, 4) is 0 Å². The van der Waals surface area contributed by atoms with Crippen molar-refractivity contribution in [1.29, 1.82) is 0 Å². The normalized spacial score (nSPS) is 27.6. The minimum absolute atomic E-state index is 0.0605. The minimum atomic E-state index is -3.61. The van der Waals surface area contributed by atoms with Crippen LogP contribution in [0.2, 0.25) is 5.04 Å². The van der Waals surface area contributed by atoms with Gasteiger partial charge < -0.3 is 19.4 Å². The van der Waals surface area contributed by atoms with Crippen LogP contribution in [0.15, 0.2) is 108 Å². The molecular weight excluding hydrogens is 565 g/mol. The molecule has 0 bridgehead atoms. The fraction of sp³-hybridized carbons (Fsp3) is 0.412. The van der Waals surface area contributed by atoms with E-state index in [2.05, 4.69) is 45.0 Å². The van der Waals surface area contributed by atoms with Gasteiger partial charge in [-0.15, -0.1) is 0 Å². The third-order valence-electron chi connectivity index (χ3n) is 9.11. The summed E-state index contributed by atoms with van der Waals surface area (Å²) in [6.45, 7) is 8.90. The SMILES string of the molecule is C[C@H]1C[C@@H](CO[Si](c2ccccc2)(c2ccccc2)C(C)(C)C)[C@]2(O)/C(=C/CS(=O)(=O)c3ccccc3)CO[C@@H]2[C@@H]1O. The standard InChI is InChI=1S/C34H42O6SSi/c1-25-22-27(24-40-42(33(2,3)4,29-16-10-6-11-17-29)30-18-12-7-13-19-30)34(36)26(23-39-32(34)31(25)35)20-21-41(37,38)28-14-8-5-9-15-28/h5-20,25,27,31-32,35-36H,21-24H2,1-4H3/b26-20+/t25-,27-,31+,32+,34+/m0/s1. The Morgan fingerprint density at radius 2 is 1.48 bits per heavy atom. The summed E-state index contributed by atoms with van der Waals surface area (Å²) in [5.74, 6) is -0.801. The van der Waals surface area contributed by atoms with Gasteiger partial charge in [0.25, 0.3) is 8.32 Å². The van der Waals surface area contributed by atoms with Gasteiger partial charge in [0.15, 0.2) is 9.84 Å². The highest BCUT2D eigenvalue weighted by Gasteiger charge is 2.60. The molecule has 8 heteroatoms. The number of aliphatic hydroxyl groups is 2. The molecule has 1 saturated carbocycles. The van der Waals surface area contributed by atoms with Crippen LogP contribution < -0.4 is 10.4 Å². The number of sulfone groups is 1. The highest BCUT2D eigenvalue weighted by atomic mass is 32.2. The van der Waals surface area contributed by atoms with E-state index in [1.807, 2.05) is 43.3 Å². The molecule has 0 amide bonds. The van der Waals surface area contributed by atoms with Gasteiger partial charge in [-0.2, -0.15) is 0 Å². The zero-order chi connectivity index (χ0) is 30.2. The summed E-state index contributed by atoms with van der Waals surface area (Å²) in [7, 11) is -6.50. The van der Waals surface area contributed by atoms with Gasteiger partial charge in [-0.3, -0.25) is 0 Å². The lowest BCUT2D eigenvalue weighted by atomic mass is 9.66. The van der Waals surface area contributed by atoms with Crippen molar-refractivity contribution in [2.24, 2.45) is 11.8 Å². The second-order valence-electron chi connectivity index (χ2n) is 12.8. The highest BCUT2D eigenvalue weighted by Crippen LogP contribution is 2.48. The van der Waals surface area contributed by atoms with Crippen molar-refractivity contribution in [2.45, 2.75) is 61.9 Å². The number of fused-ring (bicyclic) bond motifs is 1. The molecule has 1 saturated heterocycles. The first-order chi connectivity index (χ1) is 19.9. The molecule has 3 aromatic rings. The van der Waals surface area contributed by atoms with E-state index in [4.69, 9.17) is 9.16 Å². The molecule has 5 atom stereocenters. The molecule has 0 spiro atoms. The van der Waals surface area contributed by atoms with Gasteiger partial charge in [-0.25, -0.2) is 8.42 Å². The van der Waals surface area contributed by atoms with E-state index < -0.39 is 41.9 Å². The topological polar surface area (TPSA) is 93.1 Å². The fourth-order valence-corrected chi connectivity index (χ4v) is 12.7. The lowest BCUT2D eigenvalue weighted by molar-refractivity contribution is -0.166. The van der Waals surface area contributed by atoms with Crippen molar-refractivity contribution in [1.82, 2.24) is 0 Å². The predicted molar refractivity (Wildman–Crippen MR) is 168 cm³/mol. The molecule has 2 aliphatic rings. The van der Waals surface area contributed by atoms with Crippen molar-refractivity contribution in [3.63, 3.8) is 0 Å². The summed E-state index contributed by atoms with van der Waals surface area (Å²) in [5.41, 5.74) is -1.06. The maximum absolute atomic E-state index is 13.1. The number of hydrogen-bond donors (Lipinski definition) is 2. The molecule has 1 aliphatic carbocycles. The second kappa shape index (κ2) is 11.8. The lowest BCUT2D eigenvalue weighted by Crippen LogP contribution is -2.68. The summed E-state index contributed by atoms with van der Waals surface area (Å²) >= 11 is 0. The van der Waals surface area contributed by atoms with Gasteiger partial charge in [0.1, 0.15) is 11.7 Å². The quantitative estimate of drug-likeness (QED) is 0.296. The van der Waals surface area contributed by atoms with Gasteiger partial charge in [0.2, 0.25) is 0 Å². The largest absolute Gasteiger partial charge is 0.407 e. The molecule has 5 rings (SSSR count). The lowest BCUT2D eigenvalue weighted by Gasteiger charge is -2.49. The number of benzene rings is 3. The first-order valence-electron chi connectivity index (χ1n) is 14.7. The Kier molecular flexibility index (Phi) is 8.69. The van der Waals surface area contributed by atoms with E-state index in [0.29, 0.717) is 12.0 Å². The van der Waals surface area contributed by atoms with Crippen LogP contribution in [0.5, 0.6) is 0 Å². The molecule has 42 heavy (non-hydrogen) atoms. The predicted octanol–water partition coefficient (Wildman–Crippen LogP) is 4.11. The van der Waals surface area contributed by atoms with Crippen molar-refractivity contribution in [3.05, 3.63) is 103 Å². The van der Waals surface area contributed by atoms with Gasteiger partial charge in [-0.1, -0.05) is 113 Å². The van der Waals surface area contributed by atoms with Crippen molar-refractivity contribution in [2.75, 3.05) is 19.0 Å². The van der Waals surface area contributed by atoms with Crippen molar-refractivity contribution < 1.29 is 27.8 Å². The smallest absolute Gasteiger partial charge is 0.261 e. The molecular formula is C34H42O6SSi. The summed E-state index contributed by atoms with van der Waals surface area (Å²) in [4.78, 5) is 0.230. The Morgan fingerprint density at radius 1 is 0.952 bits per heavy atom. The summed E-state index contributed by atoms with van der Waals surface area (Å²) < 4.78 is 39.4. The monoisotopic (exact) mass is 606 g/mol.